The van der Waals surface area contributed by atoms with Crippen molar-refractivity contribution in [1.82, 2.24) is 0 Å². The maximum Gasteiger partial charge on any atom is 0.269 e. The fourth-order valence-electron chi connectivity index (χ4n) is 3.73. The zero-order valence-electron chi connectivity index (χ0n) is 13.7. The van der Waals surface area contributed by atoms with Crippen molar-refractivity contribution in [1.29, 1.82) is 0 Å². The van der Waals surface area contributed by atoms with E-state index in [9.17, 15) is 29.6 Å². The number of carbonyl (C=O) groups excluding carboxylic acids is 3. The third-order valence-electron chi connectivity index (χ3n) is 4.63. The first kappa shape index (κ1) is 17.9. The van der Waals surface area contributed by atoms with Crippen molar-refractivity contribution in [2.45, 2.75) is 38.7 Å². The van der Waals surface area contributed by atoms with Gasteiger partial charge in [0.2, 0.25) is 0 Å². The molecule has 4 atom stereocenters. The number of nitro benzene ring substituents is 1. The molecule has 0 aromatic heterocycles. The highest BCUT2D eigenvalue weighted by atomic mass is 16.6. The lowest BCUT2D eigenvalue weighted by molar-refractivity contribution is -0.384. The number of benzene rings is 1. The second-order valence-electron chi connectivity index (χ2n) is 6.55. The van der Waals surface area contributed by atoms with Gasteiger partial charge in [-0.1, -0.05) is 12.1 Å². The molecule has 2 rings (SSSR count). The van der Waals surface area contributed by atoms with Gasteiger partial charge in [0.1, 0.15) is 17.3 Å². The molecule has 128 valence electrons. The van der Waals surface area contributed by atoms with Crippen LogP contribution in [0.15, 0.2) is 24.3 Å². The Kier molecular flexibility index (Phi) is 4.66. The predicted octanol–water partition coefficient (Wildman–Crippen LogP) is 1.81. The third-order valence-corrected chi connectivity index (χ3v) is 4.63. The van der Waals surface area contributed by atoms with Crippen LogP contribution < -0.4 is 0 Å². The average Bonchev–Trinajstić information content (AvgIpc) is 2.44. The Morgan fingerprint density at radius 2 is 1.75 bits per heavy atom. The minimum absolute atomic E-state index is 0.133. The van der Waals surface area contributed by atoms with Crippen LogP contribution in [0.5, 0.6) is 0 Å². The van der Waals surface area contributed by atoms with Crippen LogP contribution in [0, 0.1) is 22.0 Å². The third kappa shape index (κ3) is 3.12. The number of rotatable bonds is 4. The fraction of sp³-hybridized carbons (Fsp3) is 0.471. The summed E-state index contributed by atoms with van der Waals surface area (Å²) in [5.74, 6) is -3.95. The number of hydrogen-bond acceptors (Lipinski definition) is 6. The molecule has 0 bridgehead atoms. The molecule has 1 fully saturated rings. The van der Waals surface area contributed by atoms with E-state index in [1.54, 1.807) is 0 Å². The number of hydrogen-bond donors (Lipinski definition) is 1. The average molecular weight is 333 g/mol. The van der Waals surface area contributed by atoms with Crippen LogP contribution in [0.4, 0.5) is 5.69 Å². The lowest BCUT2D eigenvalue weighted by Crippen LogP contribution is -2.53. The number of aliphatic hydroxyl groups is 1. The molecule has 1 saturated carbocycles. The Hall–Kier alpha value is -2.41. The first-order valence-electron chi connectivity index (χ1n) is 7.56. The molecular weight excluding hydrogens is 314 g/mol. The monoisotopic (exact) mass is 333 g/mol. The zero-order valence-corrected chi connectivity index (χ0v) is 13.7. The summed E-state index contributed by atoms with van der Waals surface area (Å²) < 4.78 is 0. The number of nitrogens with zero attached hydrogens (tertiary/aromatic N) is 1. The summed E-state index contributed by atoms with van der Waals surface area (Å²) in [4.78, 5) is 46.8. The van der Waals surface area contributed by atoms with Crippen LogP contribution in [0.2, 0.25) is 0 Å². The van der Waals surface area contributed by atoms with E-state index in [1.165, 1.54) is 45.0 Å². The van der Waals surface area contributed by atoms with E-state index in [0.717, 1.165) is 0 Å². The molecular formula is C17H19NO6. The summed E-state index contributed by atoms with van der Waals surface area (Å²) in [7, 11) is 0. The maximum atomic E-state index is 12.4. The summed E-state index contributed by atoms with van der Waals surface area (Å²) in [6.07, 6.45) is -0.273. The molecule has 0 saturated heterocycles. The lowest BCUT2D eigenvalue weighted by atomic mass is 9.60. The van der Waals surface area contributed by atoms with E-state index >= 15 is 0 Å². The minimum Gasteiger partial charge on any atom is -0.389 e. The van der Waals surface area contributed by atoms with Crippen LogP contribution in [0.1, 0.15) is 38.7 Å². The number of carbonyl (C=O) groups is 3. The Bertz CT molecular complexity index is 706. The van der Waals surface area contributed by atoms with Crippen molar-refractivity contribution in [2.24, 2.45) is 11.8 Å². The first-order chi connectivity index (χ1) is 11.1. The van der Waals surface area contributed by atoms with Crippen molar-refractivity contribution in [2.75, 3.05) is 0 Å². The molecule has 24 heavy (non-hydrogen) atoms. The van der Waals surface area contributed by atoms with Crippen molar-refractivity contribution < 1.29 is 24.4 Å². The van der Waals surface area contributed by atoms with Gasteiger partial charge in [0.05, 0.1) is 22.4 Å². The molecule has 0 unspecified atom stereocenters. The Labute approximate surface area is 138 Å². The molecule has 0 amide bonds. The molecule has 0 spiro atoms. The van der Waals surface area contributed by atoms with Crippen LogP contribution in [0.25, 0.3) is 0 Å². The topological polar surface area (TPSA) is 115 Å². The molecule has 7 nitrogen and oxygen atoms in total. The number of ketones is 3. The Morgan fingerprint density at radius 3 is 2.17 bits per heavy atom. The van der Waals surface area contributed by atoms with Gasteiger partial charge in [-0.05, 0) is 26.3 Å². The first-order valence-corrected chi connectivity index (χ1v) is 7.56. The van der Waals surface area contributed by atoms with Crippen molar-refractivity contribution in [3.8, 4) is 0 Å². The molecule has 1 aromatic carbocycles. The van der Waals surface area contributed by atoms with E-state index in [-0.39, 0.29) is 23.7 Å². The molecule has 0 radical (unpaired) electrons. The molecule has 1 aromatic rings. The van der Waals surface area contributed by atoms with Crippen LogP contribution >= 0.6 is 0 Å². The SMILES string of the molecule is CC(=O)[C@@H]1C(=O)C[C@](C)(O)[C@H](C(C)=O)[C@H]1c1ccc([N+](=O)[O-])cc1. The number of non-ortho nitro benzene ring substituents is 1. The molecule has 0 aliphatic heterocycles. The Morgan fingerprint density at radius 1 is 1.21 bits per heavy atom. The van der Waals surface area contributed by atoms with Gasteiger partial charge in [-0.3, -0.25) is 24.5 Å². The largest absolute Gasteiger partial charge is 0.389 e. The summed E-state index contributed by atoms with van der Waals surface area (Å²) in [6, 6.07) is 5.39. The van der Waals surface area contributed by atoms with Gasteiger partial charge in [0, 0.05) is 24.5 Å². The van der Waals surface area contributed by atoms with E-state index in [4.69, 9.17) is 0 Å². The van der Waals surface area contributed by atoms with Gasteiger partial charge in [-0.25, -0.2) is 0 Å². The Balaban J connectivity index is 2.60. The molecule has 0 heterocycles. The summed E-state index contributed by atoms with van der Waals surface area (Å²) in [5, 5.41) is 21.4. The summed E-state index contributed by atoms with van der Waals surface area (Å²) in [6.45, 7) is 3.99. The molecule has 1 N–H and O–H groups in total. The highest BCUT2D eigenvalue weighted by molar-refractivity contribution is 6.05. The van der Waals surface area contributed by atoms with Crippen molar-refractivity contribution >= 4 is 23.0 Å². The van der Waals surface area contributed by atoms with Gasteiger partial charge in [-0.15, -0.1) is 0 Å². The van der Waals surface area contributed by atoms with E-state index < -0.39 is 34.1 Å². The van der Waals surface area contributed by atoms with Gasteiger partial charge >= 0.3 is 0 Å². The number of Topliss-reactive ketones (excluding diaryl/α,β-unsaturated/α-hetero) is 3. The van der Waals surface area contributed by atoms with E-state index in [1.807, 2.05) is 0 Å². The quantitative estimate of drug-likeness (QED) is 0.510. The second kappa shape index (κ2) is 6.24. The normalized spacial score (nSPS) is 30.0. The van der Waals surface area contributed by atoms with Crippen molar-refractivity contribution in [3.05, 3.63) is 39.9 Å². The molecule has 1 aliphatic rings. The van der Waals surface area contributed by atoms with Crippen LogP contribution in [0.3, 0.4) is 0 Å². The van der Waals surface area contributed by atoms with Crippen molar-refractivity contribution in [3.63, 3.8) is 0 Å². The standard InChI is InChI=1S/C17H19NO6/c1-9(19)14-13(21)8-17(3,22)16(10(2)20)15(14)11-4-6-12(7-5-11)18(23)24/h4-7,14-16,22H,8H2,1-3H3/t14-,15+,16-,17+/m1/s1. The van der Waals surface area contributed by atoms with Gasteiger partial charge < -0.3 is 5.11 Å². The van der Waals surface area contributed by atoms with E-state index in [2.05, 4.69) is 0 Å². The summed E-state index contributed by atoms with van der Waals surface area (Å²) >= 11 is 0. The zero-order chi connectivity index (χ0) is 18.2. The maximum absolute atomic E-state index is 12.4. The number of nitro groups is 1. The molecule has 7 heteroatoms. The minimum atomic E-state index is -1.57. The van der Waals surface area contributed by atoms with Gasteiger partial charge in [0.15, 0.2) is 0 Å². The highest BCUT2D eigenvalue weighted by Crippen LogP contribution is 2.46. The van der Waals surface area contributed by atoms with Gasteiger partial charge in [0.25, 0.3) is 5.69 Å². The van der Waals surface area contributed by atoms with Crippen LogP contribution in [-0.4, -0.2) is 33.0 Å². The second-order valence-corrected chi connectivity index (χ2v) is 6.55. The predicted molar refractivity (Wildman–Crippen MR) is 84.4 cm³/mol. The highest BCUT2D eigenvalue weighted by Gasteiger charge is 2.53. The van der Waals surface area contributed by atoms with Crippen LogP contribution in [-0.2, 0) is 14.4 Å². The fourth-order valence-corrected chi connectivity index (χ4v) is 3.73. The molecule has 1 aliphatic carbocycles. The van der Waals surface area contributed by atoms with E-state index in [0.29, 0.717) is 5.56 Å². The summed E-state index contributed by atoms with van der Waals surface area (Å²) in [5.41, 5.74) is -1.25. The van der Waals surface area contributed by atoms with Gasteiger partial charge in [-0.2, -0.15) is 0 Å². The smallest absolute Gasteiger partial charge is 0.269 e. The lowest BCUT2D eigenvalue weighted by Gasteiger charge is -2.44.